The van der Waals surface area contributed by atoms with Crippen LogP contribution in [0.3, 0.4) is 0 Å². The van der Waals surface area contributed by atoms with Gasteiger partial charge in [-0.15, -0.1) is 5.10 Å². The summed E-state index contributed by atoms with van der Waals surface area (Å²) in [6.07, 6.45) is 0. The third-order valence-electron chi connectivity index (χ3n) is 3.22. The third-order valence-corrected chi connectivity index (χ3v) is 4.02. The molecule has 1 aromatic carbocycles. The summed E-state index contributed by atoms with van der Waals surface area (Å²) in [7, 11) is 0. The van der Waals surface area contributed by atoms with E-state index in [1.165, 1.54) is 17.6 Å². The zero-order chi connectivity index (χ0) is 14.7. The molecule has 20 heavy (non-hydrogen) atoms. The molecule has 1 heterocycles. The number of aryl methyl sites for hydroxylation is 1. The summed E-state index contributed by atoms with van der Waals surface area (Å²) in [6, 6.07) is 5.03. The summed E-state index contributed by atoms with van der Waals surface area (Å²) < 4.78 is 18.2. The Morgan fingerprint density at radius 1 is 1.35 bits per heavy atom. The average Bonchev–Trinajstić information content (AvgIpc) is 2.88. The van der Waals surface area contributed by atoms with Crippen LogP contribution in [0.25, 0.3) is 0 Å². The number of benzene rings is 1. The van der Waals surface area contributed by atoms with Gasteiger partial charge in [0.25, 0.3) is 0 Å². The van der Waals surface area contributed by atoms with Gasteiger partial charge in [-0.3, -0.25) is 0 Å². The highest BCUT2D eigenvalue weighted by Gasteiger charge is 2.24. The molecule has 1 atom stereocenters. The molecule has 1 unspecified atom stereocenters. The Morgan fingerprint density at radius 3 is 2.75 bits per heavy atom. The zero-order valence-electron chi connectivity index (χ0n) is 12.3. The molecule has 0 aliphatic carbocycles. The predicted octanol–water partition coefficient (Wildman–Crippen LogP) is 3.81. The fraction of sp³-hybridized carbons (Fsp3) is 0.467. The fourth-order valence-electron chi connectivity index (χ4n) is 2.24. The van der Waals surface area contributed by atoms with E-state index in [0.29, 0.717) is 5.56 Å². The topological polar surface area (TPSA) is 37.8 Å². The Labute approximate surface area is 123 Å². The van der Waals surface area contributed by atoms with Crippen molar-refractivity contribution in [2.24, 2.45) is 0 Å². The van der Waals surface area contributed by atoms with E-state index in [-0.39, 0.29) is 17.8 Å². The Morgan fingerprint density at radius 2 is 2.10 bits per heavy atom. The maximum absolute atomic E-state index is 14.2. The molecule has 108 valence electrons. The van der Waals surface area contributed by atoms with Crippen molar-refractivity contribution in [3.63, 3.8) is 0 Å². The maximum atomic E-state index is 14.2. The number of nitrogens with zero attached hydrogens (tertiary/aromatic N) is 2. The van der Waals surface area contributed by atoms with E-state index in [1.54, 1.807) is 6.07 Å². The summed E-state index contributed by atoms with van der Waals surface area (Å²) in [5, 5.41) is 7.56. The molecule has 0 bridgehead atoms. The number of rotatable bonds is 5. The van der Waals surface area contributed by atoms with Crippen LogP contribution in [0.15, 0.2) is 18.2 Å². The van der Waals surface area contributed by atoms with Crippen LogP contribution in [0, 0.1) is 12.7 Å². The van der Waals surface area contributed by atoms with E-state index < -0.39 is 0 Å². The minimum atomic E-state index is -0.190. The van der Waals surface area contributed by atoms with Crippen molar-refractivity contribution >= 4 is 11.5 Å². The summed E-state index contributed by atoms with van der Waals surface area (Å²) in [6.45, 7) is 8.91. The molecule has 1 aromatic heterocycles. The molecule has 1 N–H and O–H groups in total. The summed E-state index contributed by atoms with van der Waals surface area (Å²) >= 11 is 1.35. The Bertz CT molecular complexity index is 580. The van der Waals surface area contributed by atoms with E-state index >= 15 is 0 Å². The standard InChI is InChI=1S/C15H20FN3S/c1-5-17-14(11-8-10(4)6-7-12(11)16)15-13(9(2)3)18-19-20-15/h6-9,14,17H,5H2,1-4H3. The number of hydrogen-bond donors (Lipinski definition) is 1. The van der Waals surface area contributed by atoms with Crippen LogP contribution in [-0.2, 0) is 0 Å². The van der Waals surface area contributed by atoms with Gasteiger partial charge in [-0.05, 0) is 37.0 Å². The Kier molecular flexibility index (Phi) is 4.83. The highest BCUT2D eigenvalue weighted by molar-refractivity contribution is 7.05. The van der Waals surface area contributed by atoms with Crippen LogP contribution in [0.4, 0.5) is 4.39 Å². The van der Waals surface area contributed by atoms with Gasteiger partial charge in [-0.1, -0.05) is 43.0 Å². The van der Waals surface area contributed by atoms with E-state index in [0.717, 1.165) is 22.7 Å². The van der Waals surface area contributed by atoms with E-state index in [4.69, 9.17) is 0 Å². The van der Waals surface area contributed by atoms with Gasteiger partial charge >= 0.3 is 0 Å². The second-order valence-corrected chi connectivity index (χ2v) is 5.98. The molecular formula is C15H20FN3S. The van der Waals surface area contributed by atoms with Crippen molar-refractivity contribution in [1.29, 1.82) is 0 Å². The van der Waals surface area contributed by atoms with Crippen LogP contribution < -0.4 is 5.32 Å². The van der Waals surface area contributed by atoms with Gasteiger partial charge in [0, 0.05) is 5.56 Å². The SMILES string of the molecule is CCNC(c1cc(C)ccc1F)c1snnc1C(C)C. The second-order valence-electron chi connectivity index (χ2n) is 5.19. The minimum absolute atomic E-state index is 0.183. The second kappa shape index (κ2) is 6.41. The molecule has 0 amide bonds. The molecule has 2 aromatic rings. The summed E-state index contributed by atoms with van der Waals surface area (Å²) in [5.74, 6) is 0.0856. The average molecular weight is 293 g/mol. The smallest absolute Gasteiger partial charge is 0.128 e. The lowest BCUT2D eigenvalue weighted by Gasteiger charge is -2.19. The first-order chi connectivity index (χ1) is 9.54. The molecular weight excluding hydrogens is 273 g/mol. The van der Waals surface area contributed by atoms with E-state index in [9.17, 15) is 4.39 Å². The quantitative estimate of drug-likeness (QED) is 0.911. The molecule has 0 aliphatic rings. The predicted molar refractivity (Wildman–Crippen MR) is 80.7 cm³/mol. The first kappa shape index (κ1) is 15.1. The van der Waals surface area contributed by atoms with Crippen LogP contribution in [0.2, 0.25) is 0 Å². The number of halogens is 1. The third kappa shape index (κ3) is 3.04. The lowest BCUT2D eigenvalue weighted by molar-refractivity contribution is 0.558. The number of hydrogen-bond acceptors (Lipinski definition) is 4. The minimum Gasteiger partial charge on any atom is -0.306 e. The highest BCUT2D eigenvalue weighted by atomic mass is 32.1. The molecule has 0 aliphatic heterocycles. The number of aromatic nitrogens is 2. The van der Waals surface area contributed by atoms with Gasteiger partial charge in [0.15, 0.2) is 0 Å². The van der Waals surface area contributed by atoms with Gasteiger partial charge in [0.05, 0.1) is 16.6 Å². The molecule has 0 saturated carbocycles. The van der Waals surface area contributed by atoms with Gasteiger partial charge in [-0.25, -0.2) is 4.39 Å². The molecule has 2 rings (SSSR count). The highest BCUT2D eigenvalue weighted by Crippen LogP contribution is 2.32. The Hall–Kier alpha value is -1.33. The molecule has 0 fully saturated rings. The van der Waals surface area contributed by atoms with Crippen molar-refractivity contribution in [1.82, 2.24) is 14.9 Å². The first-order valence-electron chi connectivity index (χ1n) is 6.86. The van der Waals surface area contributed by atoms with Crippen molar-refractivity contribution in [2.75, 3.05) is 6.54 Å². The normalized spacial score (nSPS) is 12.9. The van der Waals surface area contributed by atoms with Crippen LogP contribution >= 0.6 is 11.5 Å². The largest absolute Gasteiger partial charge is 0.306 e. The lowest BCUT2D eigenvalue weighted by atomic mass is 9.98. The molecule has 0 radical (unpaired) electrons. The first-order valence-corrected chi connectivity index (χ1v) is 7.63. The van der Waals surface area contributed by atoms with Gasteiger partial charge in [0.2, 0.25) is 0 Å². The lowest BCUT2D eigenvalue weighted by Crippen LogP contribution is -2.23. The summed E-state index contributed by atoms with van der Waals surface area (Å²) in [5.41, 5.74) is 2.66. The molecule has 0 saturated heterocycles. The van der Waals surface area contributed by atoms with Crippen molar-refractivity contribution < 1.29 is 4.39 Å². The maximum Gasteiger partial charge on any atom is 0.128 e. The van der Waals surface area contributed by atoms with Crippen LogP contribution in [-0.4, -0.2) is 16.1 Å². The number of nitrogens with one attached hydrogen (secondary N) is 1. The van der Waals surface area contributed by atoms with Crippen molar-refractivity contribution in [3.8, 4) is 0 Å². The van der Waals surface area contributed by atoms with Gasteiger partial charge < -0.3 is 5.32 Å². The van der Waals surface area contributed by atoms with Crippen molar-refractivity contribution in [3.05, 3.63) is 45.7 Å². The van der Waals surface area contributed by atoms with Gasteiger partial charge in [0.1, 0.15) is 5.82 Å². The van der Waals surface area contributed by atoms with E-state index in [1.807, 2.05) is 19.9 Å². The van der Waals surface area contributed by atoms with Crippen molar-refractivity contribution in [2.45, 2.75) is 39.7 Å². The summed E-state index contributed by atoms with van der Waals surface area (Å²) in [4.78, 5) is 1.01. The Balaban J connectivity index is 2.50. The fourth-order valence-corrected chi connectivity index (χ4v) is 3.14. The monoisotopic (exact) mass is 293 g/mol. The molecule has 3 nitrogen and oxygen atoms in total. The molecule has 0 spiro atoms. The zero-order valence-corrected chi connectivity index (χ0v) is 13.1. The van der Waals surface area contributed by atoms with Crippen LogP contribution in [0.5, 0.6) is 0 Å². The van der Waals surface area contributed by atoms with Crippen LogP contribution in [0.1, 0.15) is 54.4 Å². The van der Waals surface area contributed by atoms with E-state index in [2.05, 4.69) is 28.8 Å². The van der Waals surface area contributed by atoms with Gasteiger partial charge in [-0.2, -0.15) is 0 Å². The molecule has 5 heteroatoms.